The fraction of sp³-hybridized carbons (Fsp3) is 0.467. The molecular formula is C15H21N3O4S. The second-order valence-electron chi connectivity index (χ2n) is 5.63. The van der Waals surface area contributed by atoms with Crippen LogP contribution in [-0.4, -0.2) is 45.8 Å². The highest BCUT2D eigenvalue weighted by Gasteiger charge is 2.31. The minimum atomic E-state index is -3.38. The molecule has 2 amide bonds. The Balaban J connectivity index is 2.01. The van der Waals surface area contributed by atoms with Gasteiger partial charge in [-0.3, -0.25) is 9.59 Å². The smallest absolute Gasteiger partial charge is 0.225 e. The Bertz CT molecular complexity index is 702. The number of likely N-dealkylation sites (tertiary alicyclic amines) is 1. The van der Waals surface area contributed by atoms with E-state index < -0.39 is 10.0 Å². The summed E-state index contributed by atoms with van der Waals surface area (Å²) >= 11 is 0. The number of nitrogens with one attached hydrogen (secondary N) is 2. The molecular weight excluding hydrogens is 318 g/mol. The van der Waals surface area contributed by atoms with Gasteiger partial charge in [-0.15, -0.1) is 0 Å². The largest absolute Gasteiger partial charge is 0.352 e. The van der Waals surface area contributed by atoms with Crippen LogP contribution in [0.5, 0.6) is 0 Å². The predicted molar refractivity (Wildman–Crippen MR) is 85.7 cm³/mol. The van der Waals surface area contributed by atoms with E-state index in [4.69, 9.17) is 0 Å². The summed E-state index contributed by atoms with van der Waals surface area (Å²) in [6, 6.07) is 7.07. The molecule has 0 aliphatic carbocycles. The maximum absolute atomic E-state index is 12.1. The molecule has 1 saturated heterocycles. The van der Waals surface area contributed by atoms with Crippen LogP contribution < -0.4 is 10.0 Å². The van der Waals surface area contributed by atoms with Crippen LogP contribution in [0.2, 0.25) is 0 Å². The van der Waals surface area contributed by atoms with Crippen LogP contribution in [-0.2, 0) is 31.9 Å². The van der Waals surface area contributed by atoms with Crippen molar-refractivity contribution < 1.29 is 18.0 Å². The lowest BCUT2D eigenvalue weighted by molar-refractivity contribution is -0.128. The summed E-state index contributed by atoms with van der Waals surface area (Å²) in [6.45, 7) is 0.656. The number of sulfonamides is 1. The molecule has 7 nitrogen and oxygen atoms in total. The molecule has 0 unspecified atom stereocenters. The first-order valence-electron chi connectivity index (χ1n) is 7.32. The van der Waals surface area contributed by atoms with Gasteiger partial charge in [-0.25, -0.2) is 13.1 Å². The van der Waals surface area contributed by atoms with Crippen LogP contribution in [0.15, 0.2) is 24.3 Å². The fourth-order valence-electron chi connectivity index (χ4n) is 2.51. The van der Waals surface area contributed by atoms with Gasteiger partial charge in [-0.1, -0.05) is 24.3 Å². The molecule has 2 N–H and O–H groups in total. The third-order valence-electron chi connectivity index (χ3n) is 3.94. The number of carbonyl (C=O) groups is 2. The molecule has 1 atom stereocenters. The topological polar surface area (TPSA) is 95.6 Å². The Labute approximate surface area is 136 Å². The highest BCUT2D eigenvalue weighted by Crippen LogP contribution is 2.17. The third kappa shape index (κ3) is 4.52. The zero-order valence-corrected chi connectivity index (χ0v) is 14.0. The summed E-state index contributed by atoms with van der Waals surface area (Å²) in [5.74, 6) is -0.708. The van der Waals surface area contributed by atoms with Gasteiger partial charge in [0.25, 0.3) is 0 Å². The van der Waals surface area contributed by atoms with Crippen molar-refractivity contribution in [2.75, 3.05) is 20.6 Å². The minimum absolute atomic E-state index is 0.0364. The van der Waals surface area contributed by atoms with Gasteiger partial charge in [-0.2, -0.15) is 0 Å². The van der Waals surface area contributed by atoms with Crippen molar-refractivity contribution in [3.63, 3.8) is 0 Å². The van der Waals surface area contributed by atoms with Crippen molar-refractivity contribution >= 4 is 21.8 Å². The zero-order chi connectivity index (χ0) is 17.0. The summed E-state index contributed by atoms with van der Waals surface area (Å²) in [4.78, 5) is 25.2. The summed E-state index contributed by atoms with van der Waals surface area (Å²) in [5.41, 5.74) is 1.39. The number of nitrogens with zero attached hydrogens (tertiary/aromatic N) is 1. The summed E-state index contributed by atoms with van der Waals surface area (Å²) in [7, 11) is -0.335. The molecule has 1 aliphatic heterocycles. The second kappa shape index (κ2) is 7.10. The lowest BCUT2D eigenvalue weighted by Crippen LogP contribution is -2.32. The molecule has 1 aromatic rings. The molecule has 1 fully saturated rings. The zero-order valence-electron chi connectivity index (χ0n) is 13.2. The monoisotopic (exact) mass is 339 g/mol. The number of carbonyl (C=O) groups excluding carboxylic acids is 2. The van der Waals surface area contributed by atoms with Crippen molar-refractivity contribution in [1.82, 2.24) is 14.9 Å². The highest BCUT2D eigenvalue weighted by molar-refractivity contribution is 7.88. The van der Waals surface area contributed by atoms with Crippen molar-refractivity contribution in [3.8, 4) is 0 Å². The number of rotatable bonds is 6. The Morgan fingerprint density at radius 3 is 2.52 bits per heavy atom. The maximum atomic E-state index is 12.1. The van der Waals surface area contributed by atoms with Gasteiger partial charge in [-0.05, 0) is 18.2 Å². The van der Waals surface area contributed by atoms with Crippen molar-refractivity contribution in [2.45, 2.75) is 18.7 Å². The van der Waals surface area contributed by atoms with E-state index in [0.29, 0.717) is 12.1 Å². The standard InChI is InChI=1S/C15H21N3O4S/c1-16-23(21,22)10-12-6-4-3-5-11(12)8-17-15(20)13-7-14(19)18(2)9-13/h3-6,13,16H,7-10H2,1-2H3,(H,17,20)/t13-/m0/s1. The van der Waals surface area contributed by atoms with Crippen LogP contribution in [0.1, 0.15) is 17.5 Å². The van der Waals surface area contributed by atoms with E-state index in [0.717, 1.165) is 5.56 Å². The molecule has 0 aromatic heterocycles. The predicted octanol–water partition coefficient (Wildman–Crippen LogP) is -0.170. The van der Waals surface area contributed by atoms with Crippen LogP contribution in [0.25, 0.3) is 0 Å². The molecule has 0 bridgehead atoms. The summed E-state index contributed by atoms with van der Waals surface area (Å²) < 4.78 is 25.7. The number of amides is 2. The van der Waals surface area contributed by atoms with E-state index in [9.17, 15) is 18.0 Å². The van der Waals surface area contributed by atoms with Crippen molar-refractivity contribution in [3.05, 3.63) is 35.4 Å². The third-order valence-corrected chi connectivity index (χ3v) is 5.25. The van der Waals surface area contributed by atoms with Crippen molar-refractivity contribution in [1.29, 1.82) is 0 Å². The first kappa shape index (κ1) is 17.4. The van der Waals surface area contributed by atoms with Gasteiger partial charge in [0.1, 0.15) is 0 Å². The molecule has 0 radical (unpaired) electrons. The highest BCUT2D eigenvalue weighted by atomic mass is 32.2. The number of hydrogen-bond donors (Lipinski definition) is 2. The van der Waals surface area contributed by atoms with E-state index in [1.807, 2.05) is 0 Å². The maximum Gasteiger partial charge on any atom is 0.225 e. The van der Waals surface area contributed by atoms with Gasteiger partial charge in [0.05, 0.1) is 11.7 Å². The van der Waals surface area contributed by atoms with E-state index in [2.05, 4.69) is 10.0 Å². The molecule has 0 saturated carbocycles. The Morgan fingerprint density at radius 2 is 1.96 bits per heavy atom. The Hall–Kier alpha value is -1.93. The average Bonchev–Trinajstić information content (AvgIpc) is 2.85. The van der Waals surface area contributed by atoms with Gasteiger partial charge >= 0.3 is 0 Å². The first-order valence-corrected chi connectivity index (χ1v) is 8.97. The quantitative estimate of drug-likeness (QED) is 0.752. The van der Waals surface area contributed by atoms with Gasteiger partial charge < -0.3 is 10.2 Å². The summed E-state index contributed by atoms with van der Waals surface area (Å²) in [6.07, 6.45) is 0.220. The second-order valence-corrected chi connectivity index (χ2v) is 7.55. The van der Waals surface area contributed by atoms with Crippen LogP contribution in [0.4, 0.5) is 0 Å². The number of hydrogen-bond acceptors (Lipinski definition) is 4. The molecule has 23 heavy (non-hydrogen) atoms. The van der Waals surface area contributed by atoms with E-state index >= 15 is 0 Å². The van der Waals surface area contributed by atoms with Crippen LogP contribution in [0.3, 0.4) is 0 Å². The van der Waals surface area contributed by atoms with Crippen LogP contribution >= 0.6 is 0 Å². The van der Waals surface area contributed by atoms with Gasteiger partial charge in [0.15, 0.2) is 0 Å². The van der Waals surface area contributed by atoms with Crippen molar-refractivity contribution in [2.24, 2.45) is 5.92 Å². The van der Waals surface area contributed by atoms with E-state index in [-0.39, 0.29) is 36.5 Å². The van der Waals surface area contributed by atoms with Crippen LogP contribution in [0, 0.1) is 5.92 Å². The fourth-order valence-corrected chi connectivity index (χ4v) is 3.35. The van der Waals surface area contributed by atoms with Gasteiger partial charge in [0, 0.05) is 26.6 Å². The molecule has 126 valence electrons. The Morgan fingerprint density at radius 1 is 1.30 bits per heavy atom. The SMILES string of the molecule is CNS(=O)(=O)Cc1ccccc1CNC(=O)[C@H]1CC(=O)N(C)C1. The van der Waals surface area contributed by atoms with E-state index in [1.54, 1.807) is 31.3 Å². The summed E-state index contributed by atoms with van der Waals surface area (Å²) in [5, 5.41) is 2.79. The minimum Gasteiger partial charge on any atom is -0.352 e. The molecule has 8 heteroatoms. The lowest BCUT2D eigenvalue weighted by Gasteiger charge is -2.13. The Kier molecular flexibility index (Phi) is 5.38. The average molecular weight is 339 g/mol. The van der Waals surface area contributed by atoms with E-state index in [1.165, 1.54) is 11.9 Å². The molecule has 1 heterocycles. The molecule has 0 spiro atoms. The van der Waals surface area contributed by atoms with Gasteiger partial charge in [0.2, 0.25) is 21.8 Å². The normalized spacial score (nSPS) is 18.3. The molecule has 2 rings (SSSR count). The number of benzene rings is 1. The molecule has 1 aliphatic rings. The molecule has 1 aromatic carbocycles. The lowest BCUT2D eigenvalue weighted by atomic mass is 10.1. The first-order chi connectivity index (χ1) is 10.8.